The number of carbonyl (C=O) groups excluding carboxylic acids is 1. The lowest BCUT2D eigenvalue weighted by Crippen LogP contribution is -2.43. The Bertz CT molecular complexity index is 508. The van der Waals surface area contributed by atoms with E-state index in [1.54, 1.807) is 0 Å². The van der Waals surface area contributed by atoms with Gasteiger partial charge in [-0.1, -0.05) is 19.1 Å². The van der Waals surface area contributed by atoms with E-state index in [0.29, 0.717) is 0 Å². The molecule has 0 aromatic heterocycles. The Morgan fingerprint density at radius 1 is 1.16 bits per heavy atom. The van der Waals surface area contributed by atoms with E-state index in [9.17, 15) is 4.79 Å². The van der Waals surface area contributed by atoms with Crippen LogP contribution in [0, 0.1) is 5.92 Å². The first-order valence-corrected chi connectivity index (χ1v) is 8.02. The predicted octanol–water partition coefficient (Wildman–Crippen LogP) is 2.62. The van der Waals surface area contributed by atoms with Gasteiger partial charge in [-0.05, 0) is 31.7 Å². The van der Waals surface area contributed by atoms with E-state index in [1.165, 1.54) is 5.56 Å². The molecule has 1 aromatic carbocycles. The van der Waals surface area contributed by atoms with E-state index >= 15 is 0 Å². The average Bonchev–Trinajstić information content (AvgIpc) is 2.49. The van der Waals surface area contributed by atoms with Crippen LogP contribution in [0.25, 0.3) is 0 Å². The summed E-state index contributed by atoms with van der Waals surface area (Å²) in [6.07, 6.45) is 0. The second-order valence-electron chi connectivity index (χ2n) is 6.42. The van der Waals surface area contributed by atoms with Gasteiger partial charge in [0.15, 0.2) is 0 Å². The van der Waals surface area contributed by atoms with Crippen molar-refractivity contribution in [2.24, 2.45) is 11.7 Å². The zero-order valence-corrected chi connectivity index (χ0v) is 17.6. The highest BCUT2D eigenvalue weighted by Gasteiger charge is 2.17. The lowest BCUT2D eigenvalue weighted by molar-refractivity contribution is -0.119. The third-order valence-corrected chi connectivity index (χ3v) is 4.40. The molecule has 0 bridgehead atoms. The Balaban J connectivity index is 0. The number of hydrogen-bond donors (Lipinski definition) is 2. The first kappa shape index (κ1) is 26.7. The number of anilines is 1. The van der Waals surface area contributed by atoms with Crippen molar-refractivity contribution >= 4 is 48.8 Å². The van der Waals surface area contributed by atoms with Gasteiger partial charge in [0.2, 0.25) is 5.91 Å². The lowest BCUT2D eigenvalue weighted by atomic mass is 10.0. The van der Waals surface area contributed by atoms with Crippen molar-refractivity contribution in [1.82, 2.24) is 9.80 Å². The normalized spacial score (nSPS) is 17.3. The Morgan fingerprint density at radius 2 is 1.76 bits per heavy atom. The van der Waals surface area contributed by atoms with Crippen LogP contribution in [0.4, 0.5) is 5.69 Å². The average molecular weight is 414 g/mol. The molecular weight excluding hydrogens is 383 g/mol. The summed E-state index contributed by atoms with van der Waals surface area (Å²) in [6, 6.07) is 7.96. The van der Waals surface area contributed by atoms with Gasteiger partial charge in [0, 0.05) is 44.5 Å². The molecule has 1 heterocycles. The number of rotatable bonds is 5. The molecule has 0 saturated carbocycles. The number of nitrogens with zero attached hydrogens (tertiary/aromatic N) is 2. The fraction of sp³-hybridized carbons (Fsp3) is 0.588. The Kier molecular flexibility index (Phi) is 13.6. The smallest absolute Gasteiger partial charge is 0.228 e. The predicted molar refractivity (Wildman–Crippen MR) is 112 cm³/mol. The number of likely N-dealkylation sites (N-methyl/N-ethyl adjacent to an activating group) is 1. The molecule has 1 aliphatic heterocycles. The molecule has 0 radical (unpaired) electrons. The van der Waals surface area contributed by atoms with Crippen molar-refractivity contribution in [2.75, 3.05) is 38.5 Å². The Labute approximate surface area is 169 Å². The van der Waals surface area contributed by atoms with Crippen LogP contribution in [0.1, 0.15) is 19.4 Å². The number of amides is 1. The maximum absolute atomic E-state index is 12.1. The number of piperazine rings is 1. The van der Waals surface area contributed by atoms with E-state index in [1.807, 2.05) is 26.0 Å². The van der Waals surface area contributed by atoms with E-state index in [0.717, 1.165) is 38.4 Å². The van der Waals surface area contributed by atoms with Crippen LogP contribution in [0.3, 0.4) is 0 Å². The van der Waals surface area contributed by atoms with Crippen LogP contribution >= 0.6 is 37.2 Å². The lowest BCUT2D eigenvalue weighted by Gasteiger charge is -2.32. The van der Waals surface area contributed by atoms with Gasteiger partial charge in [0.25, 0.3) is 0 Å². The summed E-state index contributed by atoms with van der Waals surface area (Å²) in [5, 5.41) is 2.96. The van der Waals surface area contributed by atoms with Crippen molar-refractivity contribution in [1.29, 1.82) is 0 Å². The highest BCUT2D eigenvalue weighted by atomic mass is 35.5. The molecule has 1 saturated heterocycles. The summed E-state index contributed by atoms with van der Waals surface area (Å²) >= 11 is 0. The van der Waals surface area contributed by atoms with E-state index < -0.39 is 0 Å². The first-order chi connectivity index (χ1) is 10.5. The van der Waals surface area contributed by atoms with Gasteiger partial charge >= 0.3 is 0 Å². The molecule has 2 atom stereocenters. The number of nitrogens with one attached hydrogen (secondary N) is 1. The summed E-state index contributed by atoms with van der Waals surface area (Å²) in [5.74, 6) is -0.215. The minimum absolute atomic E-state index is 0. The van der Waals surface area contributed by atoms with Crippen molar-refractivity contribution in [3.05, 3.63) is 29.8 Å². The van der Waals surface area contributed by atoms with Gasteiger partial charge in [-0.25, -0.2) is 0 Å². The molecular formula is C17H31Cl3N4O. The zero-order chi connectivity index (χ0) is 16.1. The van der Waals surface area contributed by atoms with Gasteiger partial charge in [0.1, 0.15) is 0 Å². The van der Waals surface area contributed by atoms with Gasteiger partial charge < -0.3 is 16.0 Å². The topological polar surface area (TPSA) is 61.6 Å². The summed E-state index contributed by atoms with van der Waals surface area (Å²) in [4.78, 5) is 16.9. The van der Waals surface area contributed by atoms with Gasteiger partial charge in [-0.2, -0.15) is 0 Å². The summed E-state index contributed by atoms with van der Waals surface area (Å²) in [6.45, 7) is 9.05. The molecule has 0 aliphatic carbocycles. The molecule has 2 unspecified atom stereocenters. The minimum Gasteiger partial charge on any atom is -0.327 e. The molecule has 3 N–H and O–H groups in total. The van der Waals surface area contributed by atoms with E-state index in [4.69, 9.17) is 5.73 Å². The maximum Gasteiger partial charge on any atom is 0.228 e. The number of benzene rings is 1. The largest absolute Gasteiger partial charge is 0.327 e. The number of halogens is 3. The molecule has 1 amide bonds. The van der Waals surface area contributed by atoms with Crippen molar-refractivity contribution in [2.45, 2.75) is 26.4 Å². The molecule has 5 nitrogen and oxygen atoms in total. The van der Waals surface area contributed by atoms with Gasteiger partial charge in [-0.15, -0.1) is 37.2 Å². The third-order valence-electron chi connectivity index (χ3n) is 4.40. The van der Waals surface area contributed by atoms with Crippen LogP contribution in [-0.2, 0) is 11.3 Å². The molecule has 25 heavy (non-hydrogen) atoms. The van der Waals surface area contributed by atoms with Crippen LogP contribution < -0.4 is 11.1 Å². The van der Waals surface area contributed by atoms with E-state index in [-0.39, 0.29) is 55.1 Å². The van der Waals surface area contributed by atoms with E-state index in [2.05, 4.69) is 34.3 Å². The van der Waals surface area contributed by atoms with Crippen LogP contribution in [0.5, 0.6) is 0 Å². The zero-order valence-electron chi connectivity index (χ0n) is 15.1. The molecule has 146 valence electrons. The molecule has 0 spiro atoms. The molecule has 2 rings (SSSR count). The van der Waals surface area contributed by atoms with Crippen molar-refractivity contribution in [3.63, 3.8) is 0 Å². The van der Waals surface area contributed by atoms with Crippen LogP contribution in [0.15, 0.2) is 24.3 Å². The number of carbonyl (C=O) groups is 1. The SMILES string of the molecule is CC(N)C(C)C(=O)Nc1cccc(CN2CCN(C)CC2)c1.Cl.Cl.Cl. The maximum atomic E-state index is 12.1. The molecule has 1 aliphatic rings. The summed E-state index contributed by atoms with van der Waals surface area (Å²) in [5.41, 5.74) is 7.87. The second-order valence-corrected chi connectivity index (χ2v) is 6.42. The third kappa shape index (κ3) is 8.58. The van der Waals surface area contributed by atoms with Crippen LogP contribution in [-0.4, -0.2) is 55.0 Å². The Hall–Kier alpha value is -0.560. The number of nitrogens with two attached hydrogens (primary N) is 1. The quantitative estimate of drug-likeness (QED) is 0.779. The first-order valence-electron chi connectivity index (χ1n) is 8.02. The highest BCUT2D eigenvalue weighted by Crippen LogP contribution is 2.15. The fourth-order valence-electron chi connectivity index (χ4n) is 2.51. The summed E-state index contributed by atoms with van der Waals surface area (Å²) in [7, 11) is 2.16. The molecule has 8 heteroatoms. The minimum atomic E-state index is -0.193. The molecule has 1 aromatic rings. The monoisotopic (exact) mass is 412 g/mol. The number of hydrogen-bond acceptors (Lipinski definition) is 4. The summed E-state index contributed by atoms with van der Waals surface area (Å²) < 4.78 is 0. The Morgan fingerprint density at radius 3 is 2.32 bits per heavy atom. The second kappa shape index (κ2) is 12.7. The van der Waals surface area contributed by atoms with Gasteiger partial charge in [-0.3, -0.25) is 9.69 Å². The van der Waals surface area contributed by atoms with Crippen LogP contribution in [0.2, 0.25) is 0 Å². The standard InChI is InChI=1S/C17H28N4O.3ClH/c1-13(14(2)18)17(22)19-16-6-4-5-15(11-16)12-21-9-7-20(3)8-10-21;;;/h4-6,11,13-14H,7-10,12,18H2,1-3H3,(H,19,22);3*1H. The van der Waals surface area contributed by atoms with Crippen molar-refractivity contribution in [3.8, 4) is 0 Å². The molecule has 1 fully saturated rings. The fourth-order valence-corrected chi connectivity index (χ4v) is 2.51. The highest BCUT2D eigenvalue weighted by molar-refractivity contribution is 5.92. The van der Waals surface area contributed by atoms with Gasteiger partial charge in [0.05, 0.1) is 5.92 Å². The van der Waals surface area contributed by atoms with Crippen molar-refractivity contribution < 1.29 is 4.79 Å².